The third-order valence-electron chi connectivity index (χ3n) is 2.93. The largest absolute Gasteiger partial charge is 0.475 e. The maximum atomic E-state index is 10.9. The number of hydrogen-bond acceptors (Lipinski definition) is 4. The van der Waals surface area contributed by atoms with Crippen molar-refractivity contribution in [1.29, 1.82) is 0 Å². The van der Waals surface area contributed by atoms with Gasteiger partial charge in [-0.2, -0.15) is 0 Å². The number of carbonyl (C=O) groups is 1. The summed E-state index contributed by atoms with van der Waals surface area (Å²) in [7, 11) is 0. The SMILES string of the molecule is Cc1cc(CN[C@H](C)c2cccnc2)oc1C(=O)O. The molecule has 2 N–H and O–H groups in total. The lowest BCUT2D eigenvalue weighted by Gasteiger charge is -2.12. The van der Waals surface area contributed by atoms with Gasteiger partial charge in [0, 0.05) is 24.0 Å². The number of furan rings is 1. The molecule has 0 unspecified atom stereocenters. The molecule has 0 aliphatic heterocycles. The Morgan fingerprint density at radius 2 is 2.37 bits per heavy atom. The Balaban J connectivity index is 1.99. The van der Waals surface area contributed by atoms with E-state index in [4.69, 9.17) is 9.52 Å². The van der Waals surface area contributed by atoms with E-state index in [9.17, 15) is 4.79 Å². The van der Waals surface area contributed by atoms with E-state index in [0.29, 0.717) is 17.9 Å². The van der Waals surface area contributed by atoms with Gasteiger partial charge in [0.1, 0.15) is 5.76 Å². The van der Waals surface area contributed by atoms with Crippen molar-refractivity contribution in [1.82, 2.24) is 10.3 Å². The monoisotopic (exact) mass is 260 g/mol. The summed E-state index contributed by atoms with van der Waals surface area (Å²) in [4.78, 5) is 14.9. The molecule has 0 aliphatic carbocycles. The fraction of sp³-hybridized carbons (Fsp3) is 0.286. The molecule has 5 heteroatoms. The molecule has 0 radical (unpaired) electrons. The van der Waals surface area contributed by atoms with Gasteiger partial charge in [0.05, 0.1) is 6.54 Å². The summed E-state index contributed by atoms with van der Waals surface area (Å²) in [5.41, 5.74) is 1.71. The fourth-order valence-corrected chi connectivity index (χ4v) is 1.85. The summed E-state index contributed by atoms with van der Waals surface area (Å²) in [6.45, 7) is 4.22. The van der Waals surface area contributed by atoms with E-state index in [0.717, 1.165) is 5.56 Å². The normalized spacial score (nSPS) is 12.3. The van der Waals surface area contributed by atoms with Gasteiger partial charge in [-0.3, -0.25) is 4.98 Å². The van der Waals surface area contributed by atoms with Crippen molar-refractivity contribution in [3.05, 3.63) is 53.2 Å². The van der Waals surface area contributed by atoms with Gasteiger partial charge in [0.2, 0.25) is 5.76 Å². The predicted octanol–water partition coefficient (Wildman–Crippen LogP) is 2.53. The number of rotatable bonds is 5. The lowest BCUT2D eigenvalue weighted by Crippen LogP contribution is -2.17. The van der Waals surface area contributed by atoms with Crippen LogP contribution in [0.1, 0.15) is 40.4 Å². The highest BCUT2D eigenvalue weighted by molar-refractivity contribution is 5.86. The number of pyridine rings is 1. The van der Waals surface area contributed by atoms with Gasteiger partial charge >= 0.3 is 5.97 Å². The van der Waals surface area contributed by atoms with Crippen LogP contribution in [0.15, 0.2) is 35.0 Å². The molecule has 1 atom stereocenters. The number of aromatic carboxylic acids is 1. The summed E-state index contributed by atoms with van der Waals surface area (Å²) in [5.74, 6) is -0.416. The standard InChI is InChI=1S/C14H16N2O3/c1-9-6-12(19-13(9)14(17)18)8-16-10(2)11-4-3-5-15-7-11/h3-7,10,16H,8H2,1-2H3,(H,17,18)/t10-/m1/s1. The first-order valence-electron chi connectivity index (χ1n) is 6.04. The van der Waals surface area contributed by atoms with Crippen molar-refractivity contribution in [2.75, 3.05) is 0 Å². The molecule has 0 amide bonds. The van der Waals surface area contributed by atoms with Crippen molar-refractivity contribution in [2.24, 2.45) is 0 Å². The maximum Gasteiger partial charge on any atom is 0.372 e. The van der Waals surface area contributed by atoms with Crippen LogP contribution >= 0.6 is 0 Å². The highest BCUT2D eigenvalue weighted by atomic mass is 16.4. The third-order valence-corrected chi connectivity index (χ3v) is 2.93. The van der Waals surface area contributed by atoms with Crippen LogP contribution in [0, 0.1) is 6.92 Å². The van der Waals surface area contributed by atoms with E-state index in [2.05, 4.69) is 10.3 Å². The van der Waals surface area contributed by atoms with Crippen LogP contribution < -0.4 is 5.32 Å². The van der Waals surface area contributed by atoms with Crippen molar-refractivity contribution in [2.45, 2.75) is 26.4 Å². The smallest absolute Gasteiger partial charge is 0.372 e. The van der Waals surface area contributed by atoms with E-state index in [1.807, 2.05) is 19.1 Å². The molecular weight excluding hydrogens is 244 g/mol. The molecule has 0 fully saturated rings. The van der Waals surface area contributed by atoms with Crippen LogP contribution in [0.3, 0.4) is 0 Å². The van der Waals surface area contributed by atoms with E-state index in [1.165, 1.54) is 0 Å². The fourth-order valence-electron chi connectivity index (χ4n) is 1.85. The van der Waals surface area contributed by atoms with Gasteiger partial charge in [0.15, 0.2) is 0 Å². The molecule has 19 heavy (non-hydrogen) atoms. The lowest BCUT2D eigenvalue weighted by molar-refractivity contribution is 0.0659. The van der Waals surface area contributed by atoms with Gasteiger partial charge < -0.3 is 14.8 Å². The molecule has 2 rings (SSSR count). The van der Waals surface area contributed by atoms with E-state index in [1.54, 1.807) is 25.4 Å². The number of carboxylic acid groups (broad SMARTS) is 1. The number of aromatic nitrogens is 1. The predicted molar refractivity (Wildman–Crippen MR) is 69.9 cm³/mol. The second kappa shape index (κ2) is 5.67. The minimum atomic E-state index is -1.04. The van der Waals surface area contributed by atoms with Crippen LogP contribution in [-0.2, 0) is 6.54 Å². The van der Waals surface area contributed by atoms with Gasteiger partial charge in [0.25, 0.3) is 0 Å². The van der Waals surface area contributed by atoms with Crippen LogP contribution in [0.25, 0.3) is 0 Å². The maximum absolute atomic E-state index is 10.9. The Morgan fingerprint density at radius 1 is 1.58 bits per heavy atom. The number of nitrogens with one attached hydrogen (secondary N) is 1. The molecule has 2 aromatic heterocycles. The van der Waals surface area contributed by atoms with Gasteiger partial charge in [-0.15, -0.1) is 0 Å². The second-order valence-corrected chi connectivity index (χ2v) is 4.42. The Hall–Kier alpha value is -2.14. The average molecular weight is 260 g/mol. The van der Waals surface area contributed by atoms with Crippen LogP contribution in [0.2, 0.25) is 0 Å². The van der Waals surface area contributed by atoms with Crippen molar-refractivity contribution >= 4 is 5.97 Å². The molecule has 0 bridgehead atoms. The zero-order valence-electron chi connectivity index (χ0n) is 10.9. The Kier molecular flexibility index (Phi) is 3.97. The minimum absolute atomic E-state index is 0.00540. The topological polar surface area (TPSA) is 75.4 Å². The first-order chi connectivity index (χ1) is 9.08. The minimum Gasteiger partial charge on any atom is -0.475 e. The summed E-state index contributed by atoms with van der Waals surface area (Å²) in [5, 5.41) is 12.2. The average Bonchev–Trinajstić information content (AvgIpc) is 2.78. The van der Waals surface area contributed by atoms with E-state index >= 15 is 0 Å². The number of hydrogen-bond donors (Lipinski definition) is 2. The van der Waals surface area contributed by atoms with Crippen molar-refractivity contribution in [3.63, 3.8) is 0 Å². The molecule has 0 aliphatic rings. The number of carboxylic acids is 1. The molecule has 0 spiro atoms. The quantitative estimate of drug-likeness (QED) is 0.864. The number of aryl methyl sites for hydroxylation is 1. The van der Waals surface area contributed by atoms with Crippen LogP contribution in [-0.4, -0.2) is 16.1 Å². The molecule has 2 heterocycles. The zero-order chi connectivity index (χ0) is 13.8. The molecule has 5 nitrogen and oxygen atoms in total. The lowest BCUT2D eigenvalue weighted by atomic mass is 10.1. The summed E-state index contributed by atoms with van der Waals surface area (Å²) < 4.78 is 5.28. The highest BCUT2D eigenvalue weighted by Crippen LogP contribution is 2.16. The van der Waals surface area contributed by atoms with E-state index in [-0.39, 0.29) is 11.8 Å². The van der Waals surface area contributed by atoms with E-state index < -0.39 is 5.97 Å². The third kappa shape index (κ3) is 3.20. The zero-order valence-corrected chi connectivity index (χ0v) is 10.9. The van der Waals surface area contributed by atoms with Crippen molar-refractivity contribution in [3.8, 4) is 0 Å². The summed E-state index contributed by atoms with van der Waals surface area (Å²) in [6.07, 6.45) is 3.53. The van der Waals surface area contributed by atoms with Crippen LogP contribution in [0.5, 0.6) is 0 Å². The molecular formula is C14H16N2O3. The molecule has 2 aromatic rings. The number of nitrogens with zero attached hydrogens (tertiary/aromatic N) is 1. The van der Waals surface area contributed by atoms with Crippen LogP contribution in [0.4, 0.5) is 0 Å². The highest BCUT2D eigenvalue weighted by Gasteiger charge is 2.14. The Morgan fingerprint density at radius 3 is 2.95 bits per heavy atom. The van der Waals surface area contributed by atoms with Crippen molar-refractivity contribution < 1.29 is 14.3 Å². The second-order valence-electron chi connectivity index (χ2n) is 4.42. The summed E-state index contributed by atoms with van der Waals surface area (Å²) >= 11 is 0. The molecule has 100 valence electrons. The first kappa shape index (κ1) is 13.3. The Bertz CT molecular complexity index is 563. The van der Waals surface area contributed by atoms with Gasteiger partial charge in [-0.1, -0.05) is 6.07 Å². The molecule has 0 saturated carbocycles. The summed E-state index contributed by atoms with van der Waals surface area (Å²) in [6, 6.07) is 5.73. The van der Waals surface area contributed by atoms with Gasteiger partial charge in [-0.05, 0) is 31.5 Å². The molecule has 0 saturated heterocycles. The molecule has 0 aromatic carbocycles. The Labute approximate surface area is 111 Å². The van der Waals surface area contributed by atoms with Gasteiger partial charge in [-0.25, -0.2) is 4.79 Å². The first-order valence-corrected chi connectivity index (χ1v) is 6.04.